The molecule has 0 radical (unpaired) electrons. The zero-order chi connectivity index (χ0) is 23.5. The van der Waals surface area contributed by atoms with Crippen LogP contribution in [0.4, 0.5) is 17.1 Å². The lowest BCUT2D eigenvalue weighted by Gasteiger charge is -2.30. The van der Waals surface area contributed by atoms with Crippen molar-refractivity contribution in [3.63, 3.8) is 0 Å². The van der Waals surface area contributed by atoms with Crippen molar-refractivity contribution >= 4 is 32.9 Å². The van der Waals surface area contributed by atoms with Crippen molar-refractivity contribution in [2.75, 3.05) is 25.0 Å². The number of ketones is 1. The van der Waals surface area contributed by atoms with E-state index < -0.39 is 37.0 Å². The molecule has 0 aliphatic carbocycles. The Morgan fingerprint density at radius 1 is 1.16 bits per heavy atom. The number of non-ortho nitro benzene ring substituents is 1. The molecule has 2 aromatic carbocycles. The number of anilines is 1. The number of sulfonamides is 1. The molecule has 1 N–H and O–H groups in total. The second-order valence-corrected chi connectivity index (χ2v) is 9.57. The Labute approximate surface area is 184 Å². The quantitative estimate of drug-likeness (QED) is 0.356. The maximum absolute atomic E-state index is 13.0. The number of Topliss-reactive ketones (excluding diaryl/α,β-unsaturated/α-hetero) is 1. The number of carbonyl (C=O) groups is 1. The van der Waals surface area contributed by atoms with Crippen LogP contribution in [0.5, 0.6) is 0 Å². The Balaban J connectivity index is 1.77. The topological polar surface area (TPSA) is 153 Å². The Hall–Kier alpha value is -3.38. The maximum Gasteiger partial charge on any atom is 0.299 e. The largest absolute Gasteiger partial charge is 0.372 e. The van der Waals surface area contributed by atoms with E-state index in [9.17, 15) is 33.4 Å². The van der Waals surface area contributed by atoms with Crippen LogP contribution in [0.3, 0.4) is 0 Å². The molecule has 11 nitrogen and oxygen atoms in total. The third-order valence-electron chi connectivity index (χ3n) is 5.24. The summed E-state index contributed by atoms with van der Waals surface area (Å²) in [6.45, 7) is 2.48. The lowest BCUT2D eigenvalue weighted by Crippen LogP contribution is -2.39. The van der Waals surface area contributed by atoms with Crippen molar-refractivity contribution in [1.82, 2.24) is 4.31 Å². The van der Waals surface area contributed by atoms with E-state index >= 15 is 0 Å². The SMILES string of the molecule is CC1CCCN(S(=O)(=O)c2cccc(C(=O)CNc3ccc([N+](=O)[O-])cc3[N+](=O)[O-])c2)C1. The summed E-state index contributed by atoms with van der Waals surface area (Å²) >= 11 is 0. The van der Waals surface area contributed by atoms with Crippen LogP contribution in [0.1, 0.15) is 30.1 Å². The highest BCUT2D eigenvalue weighted by atomic mass is 32.2. The highest BCUT2D eigenvalue weighted by Gasteiger charge is 2.29. The molecule has 0 saturated carbocycles. The summed E-state index contributed by atoms with van der Waals surface area (Å²) in [5.74, 6) is -0.230. The van der Waals surface area contributed by atoms with Crippen LogP contribution in [0.25, 0.3) is 0 Å². The average molecular weight is 462 g/mol. The van der Waals surface area contributed by atoms with E-state index in [1.807, 2.05) is 6.92 Å². The molecule has 1 aliphatic rings. The van der Waals surface area contributed by atoms with Crippen LogP contribution >= 0.6 is 0 Å². The third kappa shape index (κ3) is 5.08. The van der Waals surface area contributed by atoms with Crippen molar-refractivity contribution in [2.45, 2.75) is 24.7 Å². The maximum atomic E-state index is 13.0. The van der Waals surface area contributed by atoms with Crippen LogP contribution in [0, 0.1) is 26.1 Å². The van der Waals surface area contributed by atoms with E-state index in [2.05, 4.69) is 5.32 Å². The first-order valence-corrected chi connectivity index (χ1v) is 11.3. The minimum atomic E-state index is -3.74. The molecule has 2 aromatic rings. The van der Waals surface area contributed by atoms with Gasteiger partial charge in [0.2, 0.25) is 10.0 Å². The number of nitro groups is 2. The van der Waals surface area contributed by atoms with Crippen molar-refractivity contribution in [3.8, 4) is 0 Å². The Morgan fingerprint density at radius 2 is 1.91 bits per heavy atom. The van der Waals surface area contributed by atoms with E-state index in [1.54, 1.807) is 0 Å². The molecule has 32 heavy (non-hydrogen) atoms. The molecule has 0 amide bonds. The molecule has 3 rings (SSSR count). The predicted molar refractivity (Wildman–Crippen MR) is 116 cm³/mol. The second-order valence-electron chi connectivity index (χ2n) is 7.63. The van der Waals surface area contributed by atoms with Gasteiger partial charge in [0.1, 0.15) is 5.69 Å². The summed E-state index contributed by atoms with van der Waals surface area (Å²) in [6, 6.07) is 8.71. The molecule has 0 bridgehead atoms. The van der Waals surface area contributed by atoms with Gasteiger partial charge in [0.05, 0.1) is 27.4 Å². The van der Waals surface area contributed by atoms with Gasteiger partial charge < -0.3 is 5.32 Å². The zero-order valence-corrected chi connectivity index (χ0v) is 18.1. The summed E-state index contributed by atoms with van der Waals surface area (Å²) in [6.07, 6.45) is 1.74. The lowest BCUT2D eigenvalue weighted by molar-refractivity contribution is -0.393. The summed E-state index contributed by atoms with van der Waals surface area (Å²) in [5.41, 5.74) is -0.908. The molecule has 1 heterocycles. The number of hydrogen-bond acceptors (Lipinski definition) is 8. The molecular weight excluding hydrogens is 440 g/mol. The lowest BCUT2D eigenvalue weighted by atomic mass is 10.0. The Morgan fingerprint density at radius 3 is 2.56 bits per heavy atom. The second kappa shape index (κ2) is 9.40. The van der Waals surface area contributed by atoms with Crippen LogP contribution in [-0.2, 0) is 10.0 Å². The highest BCUT2D eigenvalue weighted by Crippen LogP contribution is 2.29. The van der Waals surface area contributed by atoms with Gasteiger partial charge in [-0.2, -0.15) is 4.31 Å². The van der Waals surface area contributed by atoms with Crippen LogP contribution in [0.15, 0.2) is 47.4 Å². The predicted octanol–water partition coefficient (Wildman–Crippen LogP) is 3.22. The summed E-state index contributed by atoms with van der Waals surface area (Å²) in [4.78, 5) is 33.2. The van der Waals surface area contributed by atoms with Crippen molar-refractivity contribution < 1.29 is 23.1 Å². The molecule has 1 unspecified atom stereocenters. The normalized spacial score (nSPS) is 17.0. The number of benzene rings is 2. The van der Waals surface area contributed by atoms with Crippen LogP contribution in [-0.4, -0.2) is 48.0 Å². The Kier molecular flexibility index (Phi) is 6.84. The van der Waals surface area contributed by atoms with Crippen molar-refractivity contribution in [3.05, 3.63) is 68.3 Å². The van der Waals surface area contributed by atoms with E-state index in [-0.39, 0.29) is 28.6 Å². The minimum absolute atomic E-state index is 0.0127. The number of carbonyl (C=O) groups excluding carboxylic acids is 1. The standard InChI is InChI=1S/C20H22N4O7S/c1-14-4-3-9-22(13-14)32(30,31)17-6-2-5-15(10-17)20(25)12-21-18-8-7-16(23(26)27)11-19(18)24(28)29/h2,5-8,10-11,14,21H,3-4,9,12-13H2,1H3. The number of hydrogen-bond donors (Lipinski definition) is 1. The van der Waals surface area contributed by atoms with Gasteiger partial charge in [0, 0.05) is 24.7 Å². The van der Waals surface area contributed by atoms with E-state index in [1.165, 1.54) is 28.6 Å². The molecule has 1 saturated heterocycles. The molecule has 170 valence electrons. The number of nitrogens with zero attached hydrogens (tertiary/aromatic N) is 3. The van der Waals surface area contributed by atoms with Gasteiger partial charge in [0.15, 0.2) is 5.78 Å². The molecule has 0 spiro atoms. The van der Waals surface area contributed by atoms with Gasteiger partial charge in [-0.05, 0) is 37.0 Å². The number of nitro benzene ring substituents is 2. The zero-order valence-electron chi connectivity index (χ0n) is 17.3. The minimum Gasteiger partial charge on any atom is -0.372 e. The fraction of sp³-hybridized carbons (Fsp3) is 0.350. The smallest absolute Gasteiger partial charge is 0.299 e. The van der Waals surface area contributed by atoms with Crippen LogP contribution in [0.2, 0.25) is 0 Å². The van der Waals surface area contributed by atoms with E-state index in [4.69, 9.17) is 0 Å². The van der Waals surface area contributed by atoms with E-state index in [0.717, 1.165) is 31.0 Å². The van der Waals surface area contributed by atoms with Gasteiger partial charge >= 0.3 is 0 Å². The average Bonchev–Trinajstić information content (AvgIpc) is 2.77. The summed E-state index contributed by atoms with van der Waals surface area (Å²) in [5, 5.41) is 24.7. The van der Waals surface area contributed by atoms with Gasteiger partial charge in [-0.25, -0.2) is 8.42 Å². The first-order chi connectivity index (χ1) is 15.1. The molecule has 1 aliphatic heterocycles. The highest BCUT2D eigenvalue weighted by molar-refractivity contribution is 7.89. The number of piperidine rings is 1. The molecule has 0 aromatic heterocycles. The van der Waals surface area contributed by atoms with Gasteiger partial charge in [-0.1, -0.05) is 19.1 Å². The van der Waals surface area contributed by atoms with Crippen LogP contribution < -0.4 is 5.32 Å². The fourth-order valence-electron chi connectivity index (χ4n) is 3.56. The molecule has 1 fully saturated rings. The van der Waals surface area contributed by atoms with Gasteiger partial charge in [-0.3, -0.25) is 25.0 Å². The van der Waals surface area contributed by atoms with Gasteiger partial charge in [-0.15, -0.1) is 0 Å². The van der Waals surface area contributed by atoms with Crippen molar-refractivity contribution in [2.24, 2.45) is 5.92 Å². The first-order valence-electron chi connectivity index (χ1n) is 9.89. The number of nitrogens with one attached hydrogen (secondary N) is 1. The third-order valence-corrected chi connectivity index (χ3v) is 7.10. The molecule has 12 heteroatoms. The summed E-state index contributed by atoms with van der Waals surface area (Å²) < 4.78 is 27.3. The molecular formula is C20H22N4O7S. The monoisotopic (exact) mass is 462 g/mol. The Bertz CT molecular complexity index is 1170. The number of rotatable bonds is 8. The van der Waals surface area contributed by atoms with Crippen molar-refractivity contribution in [1.29, 1.82) is 0 Å². The summed E-state index contributed by atoms with van der Waals surface area (Å²) in [7, 11) is -3.74. The fourth-order valence-corrected chi connectivity index (χ4v) is 5.20. The van der Waals surface area contributed by atoms with E-state index in [0.29, 0.717) is 13.1 Å². The molecule has 1 atom stereocenters. The first kappa shape index (κ1) is 23.3. The van der Waals surface area contributed by atoms with Gasteiger partial charge in [0.25, 0.3) is 11.4 Å².